The summed E-state index contributed by atoms with van der Waals surface area (Å²) >= 11 is 0. The van der Waals surface area contributed by atoms with Crippen LogP contribution in [0.2, 0.25) is 0 Å². The van der Waals surface area contributed by atoms with Crippen LogP contribution in [0.5, 0.6) is 0 Å². The maximum absolute atomic E-state index is 13.1. The topological polar surface area (TPSA) is 109 Å². The second kappa shape index (κ2) is 5.85. The average molecular weight is 351 g/mol. The molecule has 0 fully saturated rings. The van der Waals surface area contributed by atoms with E-state index in [0.717, 1.165) is 6.20 Å². The molecule has 3 aromatic rings. The van der Waals surface area contributed by atoms with E-state index in [0.29, 0.717) is 11.7 Å². The maximum Gasteiger partial charge on any atom is 0.419 e. The molecule has 8 nitrogen and oxygen atoms in total. The van der Waals surface area contributed by atoms with Crippen LogP contribution in [0.15, 0.2) is 36.9 Å². The van der Waals surface area contributed by atoms with Gasteiger partial charge in [0.05, 0.1) is 11.1 Å². The van der Waals surface area contributed by atoms with Gasteiger partial charge in [-0.05, 0) is 18.2 Å². The third-order valence-corrected chi connectivity index (χ3v) is 3.21. The number of anilines is 1. The first-order valence-corrected chi connectivity index (χ1v) is 6.67. The summed E-state index contributed by atoms with van der Waals surface area (Å²) in [6.07, 6.45) is -1.49. The Labute approximate surface area is 136 Å². The van der Waals surface area contributed by atoms with E-state index in [-0.39, 0.29) is 5.56 Å². The molecule has 0 unspecified atom stereocenters. The zero-order valence-electron chi connectivity index (χ0n) is 12.2. The zero-order chi connectivity index (χ0) is 18.2. The largest absolute Gasteiger partial charge is 0.478 e. The molecule has 2 N–H and O–H groups in total. The van der Waals surface area contributed by atoms with Crippen molar-refractivity contribution in [1.29, 1.82) is 0 Å². The number of pyridine rings is 2. The number of rotatable bonds is 3. The summed E-state index contributed by atoms with van der Waals surface area (Å²) in [4.78, 5) is 30.3. The molecule has 0 aliphatic rings. The van der Waals surface area contributed by atoms with Crippen LogP contribution in [0.25, 0.3) is 5.65 Å². The predicted molar refractivity (Wildman–Crippen MR) is 77.1 cm³/mol. The number of halogens is 3. The molecule has 0 atom stereocenters. The lowest BCUT2D eigenvalue weighted by Crippen LogP contribution is -2.19. The van der Waals surface area contributed by atoms with Crippen molar-refractivity contribution in [1.82, 2.24) is 19.6 Å². The maximum atomic E-state index is 13.1. The third-order valence-electron chi connectivity index (χ3n) is 3.21. The number of aromatic nitrogens is 4. The van der Waals surface area contributed by atoms with Crippen LogP contribution in [-0.4, -0.2) is 36.6 Å². The van der Waals surface area contributed by atoms with Crippen LogP contribution >= 0.6 is 0 Å². The Bertz CT molecular complexity index is 983. The lowest BCUT2D eigenvalue weighted by Gasteiger charge is -2.13. The first kappa shape index (κ1) is 16.4. The molecule has 0 radical (unpaired) electrons. The monoisotopic (exact) mass is 351 g/mol. The summed E-state index contributed by atoms with van der Waals surface area (Å²) in [6.45, 7) is 0. The second-order valence-electron chi connectivity index (χ2n) is 4.86. The number of carbonyl (C=O) groups excluding carboxylic acids is 1. The van der Waals surface area contributed by atoms with E-state index in [1.165, 1.54) is 29.2 Å². The molecule has 0 spiro atoms. The second-order valence-corrected chi connectivity index (χ2v) is 4.86. The zero-order valence-corrected chi connectivity index (χ0v) is 12.2. The van der Waals surface area contributed by atoms with Crippen molar-refractivity contribution in [3.05, 3.63) is 53.6 Å². The number of carboxylic acid groups (broad SMARTS) is 1. The number of aromatic carboxylic acids is 1. The fourth-order valence-electron chi connectivity index (χ4n) is 2.03. The smallest absolute Gasteiger partial charge is 0.419 e. The number of nitrogens with zero attached hydrogens (tertiary/aromatic N) is 4. The molecule has 3 aromatic heterocycles. The van der Waals surface area contributed by atoms with Crippen LogP contribution < -0.4 is 5.32 Å². The van der Waals surface area contributed by atoms with Crippen LogP contribution in [0.3, 0.4) is 0 Å². The molecule has 0 bridgehead atoms. The Morgan fingerprint density at radius 1 is 1.16 bits per heavy atom. The molecule has 0 aliphatic carbocycles. The van der Waals surface area contributed by atoms with Crippen molar-refractivity contribution >= 4 is 23.3 Å². The number of carbonyl (C=O) groups is 2. The quantitative estimate of drug-likeness (QED) is 0.748. The molecule has 11 heteroatoms. The summed E-state index contributed by atoms with van der Waals surface area (Å²) < 4.78 is 40.7. The highest BCUT2D eigenvalue weighted by Gasteiger charge is 2.36. The Morgan fingerprint density at radius 3 is 2.60 bits per heavy atom. The number of amides is 1. The van der Waals surface area contributed by atoms with Crippen LogP contribution in [0, 0.1) is 0 Å². The highest BCUT2D eigenvalue weighted by molar-refractivity contribution is 6.04. The summed E-state index contributed by atoms with van der Waals surface area (Å²) in [5.74, 6) is -3.21. The standard InChI is InChI=1S/C14H8F3N5O3/c15-14(16,17)9-3-8(13(24)25)5-18-11(9)21-12(23)7-1-2-22-10(4-7)19-6-20-22/h1-6H,(H,24,25)(H,18,21,23). The number of fused-ring (bicyclic) bond motifs is 1. The number of carboxylic acids is 1. The van der Waals surface area contributed by atoms with Gasteiger partial charge in [0, 0.05) is 18.0 Å². The molecule has 0 aromatic carbocycles. The molecule has 0 saturated heterocycles. The first-order valence-electron chi connectivity index (χ1n) is 6.67. The molecule has 0 saturated carbocycles. The fourth-order valence-corrected chi connectivity index (χ4v) is 2.03. The summed E-state index contributed by atoms with van der Waals surface area (Å²) in [5, 5.41) is 14.7. The van der Waals surface area contributed by atoms with Crippen LogP contribution in [-0.2, 0) is 6.18 Å². The molecule has 128 valence electrons. The van der Waals surface area contributed by atoms with Gasteiger partial charge in [0.1, 0.15) is 12.1 Å². The van der Waals surface area contributed by atoms with Gasteiger partial charge in [-0.25, -0.2) is 19.3 Å². The summed E-state index contributed by atoms with van der Waals surface area (Å²) in [7, 11) is 0. The van der Waals surface area contributed by atoms with Crippen LogP contribution in [0.1, 0.15) is 26.3 Å². The number of alkyl halides is 3. The minimum atomic E-state index is -4.89. The number of nitrogens with one attached hydrogen (secondary N) is 1. The van der Waals surface area contributed by atoms with Crippen molar-refractivity contribution < 1.29 is 27.9 Å². The Hall–Kier alpha value is -3.50. The molecule has 3 heterocycles. The number of hydrogen-bond donors (Lipinski definition) is 2. The van der Waals surface area contributed by atoms with Gasteiger partial charge in [0.2, 0.25) is 0 Å². The molecule has 25 heavy (non-hydrogen) atoms. The van der Waals surface area contributed by atoms with Gasteiger partial charge in [0.15, 0.2) is 5.65 Å². The lowest BCUT2D eigenvalue weighted by molar-refractivity contribution is -0.137. The molecule has 3 rings (SSSR count). The van der Waals surface area contributed by atoms with Gasteiger partial charge < -0.3 is 10.4 Å². The minimum Gasteiger partial charge on any atom is -0.478 e. The van der Waals surface area contributed by atoms with E-state index in [1.807, 2.05) is 5.32 Å². The summed E-state index contributed by atoms with van der Waals surface area (Å²) in [6, 6.07) is 3.09. The molecular weight excluding hydrogens is 343 g/mol. The van der Waals surface area contributed by atoms with E-state index >= 15 is 0 Å². The van der Waals surface area contributed by atoms with Gasteiger partial charge in [-0.2, -0.15) is 18.3 Å². The first-order chi connectivity index (χ1) is 11.8. The molecular formula is C14H8F3N5O3. The fraction of sp³-hybridized carbons (Fsp3) is 0.0714. The predicted octanol–water partition coefficient (Wildman–Crippen LogP) is 2.09. The van der Waals surface area contributed by atoms with E-state index in [9.17, 15) is 22.8 Å². The van der Waals surface area contributed by atoms with E-state index in [2.05, 4.69) is 15.1 Å². The molecule has 1 amide bonds. The summed E-state index contributed by atoms with van der Waals surface area (Å²) in [5.41, 5.74) is -1.63. The van der Waals surface area contributed by atoms with Crippen molar-refractivity contribution in [2.45, 2.75) is 6.18 Å². The lowest BCUT2D eigenvalue weighted by atomic mass is 10.1. The molecule has 0 aliphatic heterocycles. The van der Waals surface area contributed by atoms with Gasteiger partial charge in [-0.3, -0.25) is 4.79 Å². The average Bonchev–Trinajstić information content (AvgIpc) is 3.01. The van der Waals surface area contributed by atoms with Crippen LogP contribution in [0.4, 0.5) is 19.0 Å². The minimum absolute atomic E-state index is 0.0396. The van der Waals surface area contributed by atoms with E-state index in [1.54, 1.807) is 0 Å². The van der Waals surface area contributed by atoms with Crippen molar-refractivity contribution in [3.63, 3.8) is 0 Å². The van der Waals surface area contributed by atoms with Crippen molar-refractivity contribution in [2.75, 3.05) is 5.32 Å². The van der Waals surface area contributed by atoms with Gasteiger partial charge in [0.25, 0.3) is 5.91 Å². The normalized spacial score (nSPS) is 11.5. The Balaban J connectivity index is 1.95. The third kappa shape index (κ3) is 3.24. The number of hydrogen-bond acceptors (Lipinski definition) is 5. The van der Waals surface area contributed by atoms with Crippen molar-refractivity contribution in [2.24, 2.45) is 0 Å². The van der Waals surface area contributed by atoms with E-state index < -0.39 is 35.0 Å². The Kier molecular flexibility index (Phi) is 3.83. The SMILES string of the molecule is O=C(O)c1cnc(NC(=O)c2ccn3ncnc3c2)c(C(F)(F)F)c1. The van der Waals surface area contributed by atoms with Crippen molar-refractivity contribution in [3.8, 4) is 0 Å². The van der Waals surface area contributed by atoms with Gasteiger partial charge in [-0.1, -0.05) is 0 Å². The van der Waals surface area contributed by atoms with Gasteiger partial charge >= 0.3 is 12.1 Å². The Morgan fingerprint density at radius 2 is 1.92 bits per heavy atom. The van der Waals surface area contributed by atoms with E-state index in [4.69, 9.17) is 5.11 Å². The highest BCUT2D eigenvalue weighted by Crippen LogP contribution is 2.34. The highest BCUT2D eigenvalue weighted by atomic mass is 19.4. The van der Waals surface area contributed by atoms with Gasteiger partial charge in [-0.15, -0.1) is 0 Å².